The quantitative estimate of drug-likeness (QED) is 0.519. The minimum Gasteiger partial charge on any atom is -0.206 e. The third-order valence-corrected chi connectivity index (χ3v) is 4.41. The van der Waals surface area contributed by atoms with Gasteiger partial charge < -0.3 is 0 Å². The molecular formula is C25H20FN. The molecule has 0 spiro atoms. The minimum absolute atomic E-state index is 0.181. The number of nitrogens with zero attached hydrogens (tertiary/aromatic N) is 1. The smallest absolute Gasteiger partial charge is 0.131 e. The van der Waals surface area contributed by atoms with Crippen molar-refractivity contribution in [3.63, 3.8) is 0 Å². The topological polar surface area (TPSA) is 23.8 Å². The molecule has 0 N–H and O–H groups in total. The summed E-state index contributed by atoms with van der Waals surface area (Å²) in [6, 6.07) is 22.3. The second-order valence-corrected chi connectivity index (χ2v) is 6.43. The molecule has 0 saturated carbocycles. The summed E-state index contributed by atoms with van der Waals surface area (Å²) in [5.74, 6) is 5.99. The molecule has 3 rings (SSSR count). The SMILES string of the molecule is CCCCc1ccc(-c2ccc(C#Cc3ccc(C#N)cc3)cc2)c(F)c1. The Morgan fingerprint density at radius 1 is 0.815 bits per heavy atom. The molecule has 2 heteroatoms. The Kier molecular flexibility index (Phi) is 6.03. The maximum Gasteiger partial charge on any atom is 0.131 e. The molecule has 1 nitrogen and oxygen atoms in total. The lowest BCUT2D eigenvalue weighted by atomic mass is 10.00. The molecule has 0 aromatic heterocycles. The van der Waals surface area contributed by atoms with Gasteiger partial charge in [0.05, 0.1) is 11.6 Å². The van der Waals surface area contributed by atoms with Crippen molar-refractivity contribution in [3.8, 4) is 29.0 Å². The van der Waals surface area contributed by atoms with Crippen molar-refractivity contribution in [2.45, 2.75) is 26.2 Å². The van der Waals surface area contributed by atoms with Crippen LogP contribution >= 0.6 is 0 Å². The van der Waals surface area contributed by atoms with Gasteiger partial charge in [-0.3, -0.25) is 0 Å². The van der Waals surface area contributed by atoms with E-state index in [2.05, 4.69) is 24.8 Å². The van der Waals surface area contributed by atoms with Crippen LogP contribution in [0.25, 0.3) is 11.1 Å². The van der Waals surface area contributed by atoms with E-state index in [1.165, 1.54) is 0 Å². The van der Waals surface area contributed by atoms with Gasteiger partial charge in [-0.25, -0.2) is 4.39 Å². The number of unbranched alkanes of at least 4 members (excludes halogenated alkanes) is 1. The van der Waals surface area contributed by atoms with Crippen molar-refractivity contribution in [3.05, 3.63) is 94.8 Å². The fraction of sp³-hybridized carbons (Fsp3) is 0.160. The van der Waals surface area contributed by atoms with Crippen LogP contribution in [0, 0.1) is 29.0 Å². The molecule has 27 heavy (non-hydrogen) atoms. The third-order valence-electron chi connectivity index (χ3n) is 4.41. The van der Waals surface area contributed by atoms with Crippen LogP contribution in [-0.4, -0.2) is 0 Å². The van der Waals surface area contributed by atoms with E-state index in [0.29, 0.717) is 11.1 Å². The molecule has 0 aliphatic heterocycles. The molecule has 0 aliphatic carbocycles. The summed E-state index contributed by atoms with van der Waals surface area (Å²) in [5.41, 5.74) is 4.84. The molecule has 0 heterocycles. The molecule has 3 aromatic rings. The first-order chi connectivity index (χ1) is 13.2. The Bertz CT molecular complexity index is 1010. The standard InChI is InChI=1S/C25H20FN/c1-2-3-4-21-13-16-24(25(26)17-21)23-14-11-20(12-15-23)6-5-19-7-9-22(18-27)10-8-19/h7-17H,2-4H2,1H3. The first kappa shape index (κ1) is 18.4. The molecule has 0 bridgehead atoms. The van der Waals surface area contributed by atoms with Crippen LogP contribution in [-0.2, 0) is 6.42 Å². The predicted molar refractivity (Wildman–Crippen MR) is 108 cm³/mol. The van der Waals surface area contributed by atoms with Gasteiger partial charge in [0.25, 0.3) is 0 Å². The van der Waals surface area contributed by atoms with Gasteiger partial charge >= 0.3 is 0 Å². The average molecular weight is 353 g/mol. The molecule has 0 atom stereocenters. The lowest BCUT2D eigenvalue weighted by molar-refractivity contribution is 0.627. The van der Waals surface area contributed by atoms with Crippen molar-refractivity contribution < 1.29 is 4.39 Å². The highest BCUT2D eigenvalue weighted by Crippen LogP contribution is 2.24. The molecule has 0 radical (unpaired) electrons. The average Bonchev–Trinajstić information content (AvgIpc) is 2.71. The van der Waals surface area contributed by atoms with Gasteiger partial charge in [-0.15, -0.1) is 0 Å². The number of nitriles is 1. The Labute approximate surface area is 160 Å². The van der Waals surface area contributed by atoms with E-state index in [0.717, 1.165) is 41.5 Å². The molecule has 3 aromatic carbocycles. The first-order valence-corrected chi connectivity index (χ1v) is 9.10. The highest BCUT2D eigenvalue weighted by atomic mass is 19.1. The molecular weight excluding hydrogens is 333 g/mol. The van der Waals surface area contributed by atoms with Crippen LogP contribution in [0.4, 0.5) is 4.39 Å². The van der Waals surface area contributed by atoms with Gasteiger partial charge in [0.15, 0.2) is 0 Å². The Balaban J connectivity index is 1.76. The molecule has 0 saturated heterocycles. The van der Waals surface area contributed by atoms with E-state index in [1.807, 2.05) is 48.5 Å². The summed E-state index contributed by atoms with van der Waals surface area (Å²) in [5, 5.41) is 8.82. The number of halogens is 1. The van der Waals surface area contributed by atoms with Crippen molar-refractivity contribution in [1.29, 1.82) is 5.26 Å². The number of aryl methyl sites for hydroxylation is 1. The summed E-state index contributed by atoms with van der Waals surface area (Å²) in [7, 11) is 0. The zero-order valence-corrected chi connectivity index (χ0v) is 15.3. The molecule has 0 unspecified atom stereocenters. The van der Waals surface area contributed by atoms with E-state index in [1.54, 1.807) is 18.2 Å². The Morgan fingerprint density at radius 3 is 1.96 bits per heavy atom. The highest BCUT2D eigenvalue weighted by Gasteiger charge is 2.06. The van der Waals surface area contributed by atoms with E-state index in [4.69, 9.17) is 5.26 Å². The molecule has 0 aliphatic rings. The fourth-order valence-corrected chi connectivity index (χ4v) is 2.83. The van der Waals surface area contributed by atoms with E-state index >= 15 is 0 Å². The predicted octanol–water partition coefficient (Wildman–Crippen LogP) is 6.11. The third kappa shape index (κ3) is 4.84. The van der Waals surface area contributed by atoms with Crippen LogP contribution in [0.15, 0.2) is 66.7 Å². The van der Waals surface area contributed by atoms with Crippen LogP contribution in [0.1, 0.15) is 42.0 Å². The van der Waals surface area contributed by atoms with Gasteiger partial charge in [0.2, 0.25) is 0 Å². The molecule has 0 amide bonds. The summed E-state index contributed by atoms with van der Waals surface area (Å²) >= 11 is 0. The second-order valence-electron chi connectivity index (χ2n) is 6.43. The zero-order chi connectivity index (χ0) is 19.1. The van der Waals surface area contributed by atoms with Gasteiger partial charge in [0, 0.05) is 16.7 Å². The number of hydrogen-bond donors (Lipinski definition) is 0. The summed E-state index contributed by atoms with van der Waals surface area (Å²) < 4.78 is 14.4. The number of rotatable bonds is 4. The van der Waals surface area contributed by atoms with Crippen molar-refractivity contribution in [2.24, 2.45) is 0 Å². The summed E-state index contributed by atoms with van der Waals surface area (Å²) in [6.45, 7) is 2.14. The Morgan fingerprint density at radius 2 is 1.41 bits per heavy atom. The lowest BCUT2D eigenvalue weighted by Crippen LogP contribution is -1.90. The second kappa shape index (κ2) is 8.84. The summed E-state index contributed by atoms with van der Waals surface area (Å²) in [4.78, 5) is 0. The monoisotopic (exact) mass is 353 g/mol. The number of hydrogen-bond acceptors (Lipinski definition) is 1. The van der Waals surface area contributed by atoms with Crippen molar-refractivity contribution in [1.82, 2.24) is 0 Å². The molecule has 132 valence electrons. The van der Waals surface area contributed by atoms with Crippen LogP contribution < -0.4 is 0 Å². The maximum absolute atomic E-state index is 14.4. The first-order valence-electron chi connectivity index (χ1n) is 9.10. The van der Waals surface area contributed by atoms with Crippen molar-refractivity contribution in [2.75, 3.05) is 0 Å². The van der Waals surface area contributed by atoms with Gasteiger partial charge in [0.1, 0.15) is 5.82 Å². The zero-order valence-electron chi connectivity index (χ0n) is 15.3. The van der Waals surface area contributed by atoms with Crippen LogP contribution in [0.3, 0.4) is 0 Å². The Hall–Kier alpha value is -3.36. The largest absolute Gasteiger partial charge is 0.206 e. The van der Waals surface area contributed by atoms with Crippen LogP contribution in [0.5, 0.6) is 0 Å². The number of benzene rings is 3. The highest BCUT2D eigenvalue weighted by molar-refractivity contribution is 5.65. The van der Waals surface area contributed by atoms with Crippen molar-refractivity contribution >= 4 is 0 Å². The van der Waals surface area contributed by atoms with Gasteiger partial charge in [-0.1, -0.05) is 49.5 Å². The van der Waals surface area contributed by atoms with Gasteiger partial charge in [-0.2, -0.15) is 5.26 Å². The van der Waals surface area contributed by atoms with Gasteiger partial charge in [-0.05, 0) is 66.4 Å². The van der Waals surface area contributed by atoms with E-state index < -0.39 is 0 Å². The fourth-order valence-electron chi connectivity index (χ4n) is 2.83. The maximum atomic E-state index is 14.4. The minimum atomic E-state index is -0.181. The summed E-state index contributed by atoms with van der Waals surface area (Å²) in [6.07, 6.45) is 3.09. The lowest BCUT2D eigenvalue weighted by Gasteiger charge is -2.06. The van der Waals surface area contributed by atoms with E-state index in [-0.39, 0.29) is 5.82 Å². The van der Waals surface area contributed by atoms with E-state index in [9.17, 15) is 4.39 Å². The normalized spacial score (nSPS) is 9.96. The van der Waals surface area contributed by atoms with Crippen LogP contribution in [0.2, 0.25) is 0 Å². The molecule has 0 fully saturated rings.